The molecule has 0 aliphatic heterocycles. The minimum Gasteiger partial charge on any atom is -0.393 e. The van der Waals surface area contributed by atoms with Crippen LogP contribution in [0.5, 0.6) is 0 Å². The third-order valence-electron chi connectivity index (χ3n) is 9.11. The van der Waals surface area contributed by atoms with Gasteiger partial charge in [0.1, 0.15) is 0 Å². The third kappa shape index (κ3) is 8.15. The SMILES string of the molecule is [B]C(C)(CC)C(O)C(C)(CC)C1CCCC(CSC2CCCCCCCC2SCC)CC1. The van der Waals surface area contributed by atoms with Crippen LogP contribution in [0.25, 0.3) is 0 Å². The topological polar surface area (TPSA) is 20.2 Å². The molecule has 1 nitrogen and oxygen atoms in total. The highest BCUT2D eigenvalue weighted by atomic mass is 32.2. The highest BCUT2D eigenvalue weighted by molar-refractivity contribution is 8.03. The van der Waals surface area contributed by atoms with E-state index in [9.17, 15) is 5.11 Å². The fourth-order valence-electron chi connectivity index (χ4n) is 6.30. The molecule has 1 N–H and O–H groups in total. The van der Waals surface area contributed by atoms with Crippen molar-refractivity contribution in [1.82, 2.24) is 0 Å². The monoisotopic (exact) mass is 480 g/mol. The first-order valence-corrected chi connectivity index (χ1v) is 16.1. The van der Waals surface area contributed by atoms with Crippen LogP contribution >= 0.6 is 23.5 Å². The zero-order valence-electron chi connectivity index (χ0n) is 22.0. The Morgan fingerprint density at radius 3 is 2.00 bits per heavy atom. The van der Waals surface area contributed by atoms with Crippen molar-refractivity contribution >= 4 is 31.4 Å². The molecule has 0 heterocycles. The summed E-state index contributed by atoms with van der Waals surface area (Å²) in [6.07, 6.45) is 18.1. The first kappa shape index (κ1) is 29.0. The lowest BCUT2D eigenvalue weighted by atomic mass is 9.53. The Kier molecular flexibility index (Phi) is 13.0. The molecule has 32 heavy (non-hydrogen) atoms. The second kappa shape index (κ2) is 14.3. The van der Waals surface area contributed by atoms with E-state index in [4.69, 9.17) is 7.85 Å². The second-order valence-electron chi connectivity index (χ2n) is 11.4. The molecule has 0 aromatic heterocycles. The summed E-state index contributed by atoms with van der Waals surface area (Å²) >= 11 is 4.57. The van der Waals surface area contributed by atoms with E-state index < -0.39 is 11.4 Å². The lowest BCUT2D eigenvalue weighted by Gasteiger charge is -2.47. The molecule has 2 aliphatic carbocycles. The lowest BCUT2D eigenvalue weighted by molar-refractivity contribution is -0.0428. The molecule has 7 unspecified atom stereocenters. The van der Waals surface area contributed by atoms with E-state index >= 15 is 0 Å². The smallest absolute Gasteiger partial charge is 0.0777 e. The minimum atomic E-state index is -0.491. The van der Waals surface area contributed by atoms with Crippen LogP contribution in [-0.2, 0) is 0 Å². The Morgan fingerprint density at radius 1 is 0.781 bits per heavy atom. The summed E-state index contributed by atoms with van der Waals surface area (Å²) in [4.78, 5) is 0. The van der Waals surface area contributed by atoms with E-state index in [1.807, 2.05) is 6.92 Å². The maximum atomic E-state index is 11.3. The number of hydrogen-bond donors (Lipinski definition) is 1. The number of aliphatic hydroxyl groups excluding tert-OH is 1. The summed E-state index contributed by atoms with van der Waals surface area (Å²) in [5.74, 6) is 4.08. The van der Waals surface area contributed by atoms with Gasteiger partial charge in [0.15, 0.2) is 0 Å². The predicted molar refractivity (Wildman–Crippen MR) is 149 cm³/mol. The van der Waals surface area contributed by atoms with Crippen LogP contribution in [0.2, 0.25) is 5.31 Å². The van der Waals surface area contributed by atoms with Gasteiger partial charge in [-0.2, -0.15) is 23.5 Å². The van der Waals surface area contributed by atoms with Crippen LogP contribution in [0.4, 0.5) is 0 Å². The van der Waals surface area contributed by atoms with Gasteiger partial charge in [0.25, 0.3) is 0 Å². The summed E-state index contributed by atoms with van der Waals surface area (Å²) in [7, 11) is 6.54. The second-order valence-corrected chi connectivity index (χ2v) is 14.2. The Labute approximate surface area is 211 Å². The molecule has 2 saturated carbocycles. The van der Waals surface area contributed by atoms with E-state index in [0.29, 0.717) is 5.92 Å². The van der Waals surface area contributed by atoms with Crippen molar-refractivity contribution in [2.45, 2.75) is 146 Å². The largest absolute Gasteiger partial charge is 0.393 e. The van der Waals surface area contributed by atoms with Crippen molar-refractivity contribution in [3.8, 4) is 0 Å². The first-order chi connectivity index (χ1) is 15.3. The van der Waals surface area contributed by atoms with Crippen LogP contribution in [0.15, 0.2) is 0 Å². The normalized spacial score (nSPS) is 33.1. The summed E-state index contributed by atoms with van der Waals surface area (Å²) in [5.41, 5.74) is -0.0673. The van der Waals surface area contributed by atoms with Gasteiger partial charge >= 0.3 is 0 Å². The molecule has 0 amide bonds. The average Bonchev–Trinajstić information content (AvgIpc) is 2.98. The highest BCUT2D eigenvalue weighted by Gasteiger charge is 2.45. The van der Waals surface area contributed by atoms with Crippen LogP contribution in [-0.4, -0.2) is 41.1 Å². The van der Waals surface area contributed by atoms with Gasteiger partial charge in [0.2, 0.25) is 0 Å². The van der Waals surface area contributed by atoms with E-state index in [2.05, 4.69) is 51.2 Å². The molecule has 0 saturated heterocycles. The molecule has 2 aliphatic rings. The molecule has 186 valence electrons. The molecule has 0 bridgehead atoms. The number of hydrogen-bond acceptors (Lipinski definition) is 3. The molecular weight excluding hydrogens is 427 g/mol. The molecule has 2 radical (unpaired) electrons. The Morgan fingerprint density at radius 2 is 1.41 bits per heavy atom. The molecular formula is C28H53BOS2. The molecule has 7 atom stereocenters. The van der Waals surface area contributed by atoms with Gasteiger partial charge in [-0.25, -0.2) is 0 Å². The van der Waals surface area contributed by atoms with Crippen molar-refractivity contribution < 1.29 is 5.11 Å². The number of rotatable bonds is 10. The van der Waals surface area contributed by atoms with Crippen molar-refractivity contribution in [2.24, 2.45) is 17.3 Å². The van der Waals surface area contributed by atoms with Crippen molar-refractivity contribution in [3.05, 3.63) is 0 Å². The number of aliphatic hydroxyl groups is 1. The van der Waals surface area contributed by atoms with Gasteiger partial charge in [-0.1, -0.05) is 79.6 Å². The average molecular weight is 481 g/mol. The first-order valence-electron chi connectivity index (χ1n) is 14.0. The zero-order valence-corrected chi connectivity index (χ0v) is 23.7. The predicted octanol–water partition coefficient (Wildman–Crippen LogP) is 8.69. The number of thioether (sulfide) groups is 2. The molecule has 0 aromatic carbocycles. The minimum absolute atomic E-state index is 0.0673. The lowest BCUT2D eigenvalue weighted by Crippen LogP contribution is -2.45. The Hall–Kier alpha value is 0.725. The van der Waals surface area contributed by atoms with E-state index in [-0.39, 0.29) is 5.41 Å². The van der Waals surface area contributed by atoms with Gasteiger partial charge in [-0.05, 0) is 79.0 Å². The standard InChI is InChI=1S/C28H53BOS2/c1-6-27(4,26(30)28(5,29)7-2)23-16-14-15-22(19-20-23)21-32-25-18-13-11-9-10-12-17-24(25)31-8-3/h22-26,30H,6-21H2,1-5H3. The van der Waals surface area contributed by atoms with Gasteiger partial charge in [0.05, 0.1) is 14.0 Å². The van der Waals surface area contributed by atoms with E-state index in [0.717, 1.165) is 29.3 Å². The molecule has 0 spiro atoms. The Balaban J connectivity index is 1.95. The summed E-state index contributed by atoms with van der Waals surface area (Å²) < 4.78 is 0. The van der Waals surface area contributed by atoms with Gasteiger partial charge in [0, 0.05) is 10.5 Å². The summed E-state index contributed by atoms with van der Waals surface area (Å²) in [5, 5.41) is 12.5. The molecule has 0 aromatic rings. The van der Waals surface area contributed by atoms with E-state index in [1.165, 1.54) is 88.6 Å². The summed E-state index contributed by atoms with van der Waals surface area (Å²) in [6, 6.07) is 0. The fraction of sp³-hybridized carbons (Fsp3) is 1.00. The third-order valence-corrected chi connectivity index (χ3v) is 12.3. The highest BCUT2D eigenvalue weighted by Crippen LogP contribution is 2.50. The maximum Gasteiger partial charge on any atom is 0.0777 e. The van der Waals surface area contributed by atoms with Crippen LogP contribution in [0, 0.1) is 17.3 Å². The zero-order chi connectivity index (χ0) is 23.6. The molecule has 4 heteroatoms. The maximum absolute atomic E-state index is 11.3. The van der Waals surface area contributed by atoms with Gasteiger partial charge in [-0.3, -0.25) is 0 Å². The van der Waals surface area contributed by atoms with Crippen molar-refractivity contribution in [1.29, 1.82) is 0 Å². The quantitative estimate of drug-likeness (QED) is 0.249. The Bertz CT molecular complexity index is 514. The van der Waals surface area contributed by atoms with E-state index in [1.54, 1.807) is 0 Å². The van der Waals surface area contributed by atoms with Gasteiger partial charge < -0.3 is 5.11 Å². The van der Waals surface area contributed by atoms with Crippen molar-refractivity contribution in [3.63, 3.8) is 0 Å². The molecule has 2 rings (SSSR count). The van der Waals surface area contributed by atoms with Crippen LogP contribution < -0.4 is 0 Å². The van der Waals surface area contributed by atoms with Gasteiger partial charge in [-0.15, -0.1) is 0 Å². The summed E-state index contributed by atoms with van der Waals surface area (Å²) in [6.45, 7) is 11.1. The fourth-order valence-corrected chi connectivity index (χ4v) is 9.43. The molecule has 2 fully saturated rings. The van der Waals surface area contributed by atoms with Crippen LogP contribution in [0.3, 0.4) is 0 Å². The van der Waals surface area contributed by atoms with Crippen LogP contribution in [0.1, 0.15) is 125 Å². The van der Waals surface area contributed by atoms with Crippen molar-refractivity contribution in [2.75, 3.05) is 11.5 Å².